The van der Waals surface area contributed by atoms with E-state index in [4.69, 9.17) is 4.74 Å². The quantitative estimate of drug-likeness (QED) is 0.441. The molecule has 5 rings (SSSR count). The van der Waals surface area contributed by atoms with Crippen LogP contribution in [0, 0.1) is 0 Å². The fourth-order valence-electron chi connectivity index (χ4n) is 4.50. The van der Waals surface area contributed by atoms with Crippen LogP contribution >= 0.6 is 0 Å². The zero-order valence-electron chi connectivity index (χ0n) is 18.8. The van der Waals surface area contributed by atoms with Crippen LogP contribution < -0.4 is 10.1 Å². The van der Waals surface area contributed by atoms with Gasteiger partial charge in [0.2, 0.25) is 11.8 Å². The van der Waals surface area contributed by atoms with Gasteiger partial charge in [-0.3, -0.25) is 4.39 Å². The van der Waals surface area contributed by atoms with E-state index in [1.165, 1.54) is 0 Å². The number of hydrogen-bond donors (Lipinski definition) is 2. The standard InChI is InChI=1S/C23H28FN7O2/c1-23(32)9-6-16(7-10-23)25-22-26-21(33-2)20-17(8-13-31(20)28-22)15-4-5-18-19(14-15)30(29-27-18)12-3-11-24/h4-5,8,13-14,16,32H,3,6-7,9-12H2,1-2H3,(H,25,28). The van der Waals surface area contributed by atoms with Gasteiger partial charge in [-0.25, -0.2) is 9.20 Å². The summed E-state index contributed by atoms with van der Waals surface area (Å²) in [7, 11) is 1.60. The van der Waals surface area contributed by atoms with Crippen molar-refractivity contribution in [1.82, 2.24) is 29.6 Å². The van der Waals surface area contributed by atoms with Gasteiger partial charge in [-0.2, -0.15) is 4.98 Å². The maximum absolute atomic E-state index is 12.7. The van der Waals surface area contributed by atoms with Crippen molar-refractivity contribution in [3.05, 3.63) is 30.5 Å². The number of aliphatic hydroxyl groups is 1. The third-order valence-corrected chi connectivity index (χ3v) is 6.40. The second-order valence-electron chi connectivity index (χ2n) is 8.94. The van der Waals surface area contributed by atoms with Crippen LogP contribution in [-0.2, 0) is 6.54 Å². The number of aryl methyl sites for hydroxylation is 1. The average molecular weight is 454 g/mol. The number of hydrogen-bond acceptors (Lipinski definition) is 7. The molecule has 0 aliphatic heterocycles. The van der Waals surface area contributed by atoms with E-state index in [1.54, 1.807) is 16.3 Å². The number of rotatable bonds is 7. The highest BCUT2D eigenvalue weighted by Crippen LogP contribution is 2.34. The number of alkyl halides is 1. The molecule has 33 heavy (non-hydrogen) atoms. The van der Waals surface area contributed by atoms with Crippen molar-refractivity contribution in [3.8, 4) is 17.0 Å². The number of aromatic nitrogens is 6. The van der Waals surface area contributed by atoms with Crippen LogP contribution in [0.2, 0.25) is 0 Å². The van der Waals surface area contributed by atoms with E-state index >= 15 is 0 Å². The Morgan fingerprint density at radius 3 is 2.85 bits per heavy atom. The number of halogens is 1. The number of ether oxygens (including phenoxy) is 1. The molecule has 10 heteroatoms. The van der Waals surface area contributed by atoms with Gasteiger partial charge in [-0.05, 0) is 62.8 Å². The molecule has 0 spiro atoms. The van der Waals surface area contributed by atoms with E-state index in [1.807, 2.05) is 37.4 Å². The third-order valence-electron chi connectivity index (χ3n) is 6.40. The highest BCUT2D eigenvalue weighted by Gasteiger charge is 2.29. The van der Waals surface area contributed by atoms with Crippen molar-refractivity contribution in [2.45, 2.75) is 57.2 Å². The highest BCUT2D eigenvalue weighted by molar-refractivity contribution is 5.89. The molecule has 3 aromatic heterocycles. The average Bonchev–Trinajstić information content (AvgIpc) is 3.42. The summed E-state index contributed by atoms with van der Waals surface area (Å²) in [6, 6.07) is 8.08. The molecule has 0 bridgehead atoms. The Bertz CT molecular complexity index is 1270. The van der Waals surface area contributed by atoms with Crippen molar-refractivity contribution < 1.29 is 14.2 Å². The first-order valence-corrected chi connectivity index (χ1v) is 11.3. The minimum atomic E-state index is -0.589. The van der Waals surface area contributed by atoms with E-state index in [2.05, 4.69) is 25.7 Å². The van der Waals surface area contributed by atoms with Crippen LogP contribution in [-0.4, -0.2) is 60.1 Å². The Morgan fingerprint density at radius 1 is 1.27 bits per heavy atom. The van der Waals surface area contributed by atoms with Gasteiger partial charge in [0.25, 0.3) is 0 Å². The summed E-state index contributed by atoms with van der Waals surface area (Å²) in [5.41, 5.74) is 3.66. The molecule has 0 atom stereocenters. The van der Waals surface area contributed by atoms with E-state index in [0.29, 0.717) is 24.8 Å². The van der Waals surface area contributed by atoms with Crippen LogP contribution in [0.4, 0.5) is 10.3 Å². The van der Waals surface area contributed by atoms with Gasteiger partial charge in [-0.15, -0.1) is 10.2 Å². The summed E-state index contributed by atoms with van der Waals surface area (Å²) < 4.78 is 21.8. The third kappa shape index (κ3) is 4.22. The predicted octanol–water partition coefficient (Wildman–Crippen LogP) is 3.61. The number of methoxy groups -OCH3 is 1. The lowest BCUT2D eigenvalue weighted by Gasteiger charge is -2.33. The smallest absolute Gasteiger partial charge is 0.244 e. The largest absolute Gasteiger partial charge is 0.479 e. The first-order chi connectivity index (χ1) is 16.0. The Hall–Kier alpha value is -3.27. The van der Waals surface area contributed by atoms with Crippen molar-refractivity contribution >= 4 is 22.5 Å². The Morgan fingerprint density at radius 2 is 2.09 bits per heavy atom. The van der Waals surface area contributed by atoms with Gasteiger partial charge in [0.15, 0.2) is 0 Å². The van der Waals surface area contributed by atoms with Crippen molar-refractivity contribution in [2.24, 2.45) is 0 Å². The molecule has 174 valence electrons. The summed E-state index contributed by atoms with van der Waals surface area (Å²) in [5, 5.41) is 26.6. The summed E-state index contributed by atoms with van der Waals surface area (Å²) >= 11 is 0. The molecular weight excluding hydrogens is 425 g/mol. The molecule has 1 saturated carbocycles. The first kappa shape index (κ1) is 21.6. The van der Waals surface area contributed by atoms with Gasteiger partial charge >= 0.3 is 0 Å². The Labute approximate surface area is 190 Å². The summed E-state index contributed by atoms with van der Waals surface area (Å²) in [5.74, 6) is 0.969. The zero-order chi connectivity index (χ0) is 23.0. The molecule has 1 aliphatic carbocycles. The lowest BCUT2D eigenvalue weighted by Crippen LogP contribution is -2.36. The van der Waals surface area contributed by atoms with Gasteiger partial charge in [0.05, 0.1) is 24.9 Å². The number of nitrogens with one attached hydrogen (secondary N) is 1. The van der Waals surface area contributed by atoms with E-state index in [0.717, 1.165) is 53.4 Å². The minimum absolute atomic E-state index is 0.210. The lowest BCUT2D eigenvalue weighted by atomic mass is 9.84. The van der Waals surface area contributed by atoms with Crippen molar-refractivity contribution in [1.29, 1.82) is 0 Å². The molecule has 2 N–H and O–H groups in total. The summed E-state index contributed by atoms with van der Waals surface area (Å²) in [6.45, 7) is 1.97. The monoisotopic (exact) mass is 453 g/mol. The first-order valence-electron chi connectivity index (χ1n) is 11.3. The van der Waals surface area contributed by atoms with E-state index < -0.39 is 12.3 Å². The van der Waals surface area contributed by atoms with Crippen molar-refractivity contribution in [3.63, 3.8) is 0 Å². The summed E-state index contributed by atoms with van der Waals surface area (Å²) in [4.78, 5) is 4.62. The molecule has 0 saturated heterocycles. The second-order valence-corrected chi connectivity index (χ2v) is 8.94. The fraction of sp³-hybridized carbons (Fsp3) is 0.478. The molecule has 0 amide bonds. The number of fused-ring (bicyclic) bond motifs is 2. The Kier molecular flexibility index (Phi) is 5.61. The Balaban J connectivity index is 1.47. The van der Waals surface area contributed by atoms with Crippen LogP contribution in [0.15, 0.2) is 30.5 Å². The summed E-state index contributed by atoms with van der Waals surface area (Å²) in [6.07, 6.45) is 5.49. The molecule has 9 nitrogen and oxygen atoms in total. The van der Waals surface area contributed by atoms with Gasteiger partial charge < -0.3 is 15.2 Å². The minimum Gasteiger partial charge on any atom is -0.479 e. The maximum atomic E-state index is 12.7. The molecular formula is C23H28FN7O2. The fourth-order valence-corrected chi connectivity index (χ4v) is 4.50. The molecule has 4 aromatic rings. The lowest BCUT2D eigenvalue weighted by molar-refractivity contribution is 0.0195. The zero-order valence-corrected chi connectivity index (χ0v) is 18.8. The second kappa shape index (κ2) is 8.58. The SMILES string of the molecule is COc1nc(NC2CCC(C)(O)CC2)nn2ccc(-c3ccc4nnn(CCCF)c4c3)c12. The van der Waals surface area contributed by atoms with E-state index in [-0.39, 0.29) is 6.04 Å². The molecule has 1 aromatic carbocycles. The molecule has 3 heterocycles. The number of nitrogens with zero attached hydrogens (tertiary/aromatic N) is 6. The van der Waals surface area contributed by atoms with Gasteiger partial charge in [0.1, 0.15) is 11.0 Å². The molecule has 1 fully saturated rings. The van der Waals surface area contributed by atoms with Crippen LogP contribution in [0.1, 0.15) is 39.0 Å². The maximum Gasteiger partial charge on any atom is 0.244 e. The predicted molar refractivity (Wildman–Crippen MR) is 123 cm³/mol. The van der Waals surface area contributed by atoms with E-state index in [9.17, 15) is 9.50 Å². The van der Waals surface area contributed by atoms with Crippen LogP contribution in [0.5, 0.6) is 5.88 Å². The van der Waals surface area contributed by atoms with Crippen LogP contribution in [0.25, 0.3) is 27.7 Å². The molecule has 0 unspecified atom stereocenters. The van der Waals surface area contributed by atoms with Gasteiger partial charge in [-0.1, -0.05) is 11.3 Å². The van der Waals surface area contributed by atoms with Gasteiger partial charge in [0, 0.05) is 24.3 Å². The normalized spacial score (nSPS) is 21.0. The molecule has 0 radical (unpaired) electrons. The number of benzene rings is 1. The van der Waals surface area contributed by atoms with Crippen molar-refractivity contribution in [2.75, 3.05) is 19.1 Å². The topological polar surface area (TPSA) is 102 Å². The van der Waals surface area contributed by atoms with Crippen LogP contribution in [0.3, 0.4) is 0 Å². The highest BCUT2D eigenvalue weighted by atomic mass is 19.1. The molecule has 1 aliphatic rings. The number of anilines is 1.